The van der Waals surface area contributed by atoms with E-state index in [2.05, 4.69) is 27.7 Å². The van der Waals surface area contributed by atoms with E-state index in [0.717, 1.165) is 0 Å². The average molecular weight is 478 g/mol. The van der Waals surface area contributed by atoms with Crippen molar-refractivity contribution in [2.75, 3.05) is 26.2 Å². The molecule has 0 unspecified atom stereocenters. The molecular weight excluding hydrogens is 426 g/mol. The molecule has 5 heteroatoms. The topological polar surface area (TPSA) is 66.4 Å². The van der Waals surface area contributed by atoms with Crippen molar-refractivity contribution in [2.45, 2.75) is 106 Å². The van der Waals surface area contributed by atoms with Crippen LogP contribution in [0.4, 0.5) is 0 Å². The van der Waals surface area contributed by atoms with Gasteiger partial charge in [0.1, 0.15) is 5.75 Å². The van der Waals surface area contributed by atoms with Crippen molar-refractivity contribution in [3.05, 3.63) is 29.8 Å². The van der Waals surface area contributed by atoms with Gasteiger partial charge in [-0.2, -0.15) is 0 Å². The van der Waals surface area contributed by atoms with Gasteiger partial charge in [0, 0.05) is 0 Å². The number of unbranched alkanes of at least 4 members (excludes halogenated alkanes) is 4. The fourth-order valence-electron chi connectivity index (χ4n) is 3.69. The largest absolute Gasteiger partial charge is 0.545 e. The van der Waals surface area contributed by atoms with Crippen LogP contribution in [0.2, 0.25) is 0 Å². The number of quaternary nitrogens is 1. The Morgan fingerprint density at radius 1 is 0.765 bits per heavy atom. The molecule has 0 amide bonds. The maximum absolute atomic E-state index is 11.7. The highest BCUT2D eigenvalue weighted by molar-refractivity contribution is 5.86. The molecule has 0 bridgehead atoms. The van der Waals surface area contributed by atoms with Crippen molar-refractivity contribution in [1.29, 1.82) is 0 Å². The quantitative estimate of drug-likeness (QED) is 0.157. The van der Waals surface area contributed by atoms with E-state index < -0.39 is 11.4 Å². The Bertz CT molecular complexity index is 644. The minimum absolute atomic E-state index is 0.0551. The monoisotopic (exact) mass is 477 g/mol. The maximum atomic E-state index is 11.7. The molecule has 1 aromatic carbocycles. The van der Waals surface area contributed by atoms with Crippen LogP contribution in [-0.2, 0) is 4.79 Å². The number of nitrogens with zero attached hydrogens (tertiary/aromatic N) is 1. The van der Waals surface area contributed by atoms with E-state index in [1.54, 1.807) is 13.8 Å². The van der Waals surface area contributed by atoms with Crippen molar-refractivity contribution >= 4 is 11.9 Å². The van der Waals surface area contributed by atoms with Gasteiger partial charge in [-0.05, 0) is 75.8 Å². The molecule has 0 fully saturated rings. The summed E-state index contributed by atoms with van der Waals surface area (Å²) in [5.74, 6) is -1.25. The number of carboxylic acid groups (broad SMARTS) is 1. The van der Waals surface area contributed by atoms with Gasteiger partial charge in [-0.3, -0.25) is 4.79 Å². The minimum atomic E-state index is -1.25. The van der Waals surface area contributed by atoms with Crippen molar-refractivity contribution in [3.8, 4) is 5.75 Å². The number of hydrogen-bond donors (Lipinski definition) is 0. The Hall–Kier alpha value is -1.88. The maximum Gasteiger partial charge on any atom is 0.316 e. The highest BCUT2D eigenvalue weighted by atomic mass is 16.5. The second-order valence-electron chi connectivity index (χ2n) is 10.1. The van der Waals surface area contributed by atoms with Gasteiger partial charge in [-0.1, -0.05) is 60.3 Å². The number of ether oxygens (including phenoxy) is 1. The highest BCUT2D eigenvalue weighted by Gasteiger charge is 2.27. The molecule has 196 valence electrons. The van der Waals surface area contributed by atoms with Gasteiger partial charge < -0.3 is 19.1 Å². The third-order valence-electron chi connectivity index (χ3n) is 6.68. The summed E-state index contributed by atoms with van der Waals surface area (Å²) in [6.07, 6.45) is 11.7. The molecule has 0 aromatic heterocycles. The van der Waals surface area contributed by atoms with E-state index >= 15 is 0 Å². The van der Waals surface area contributed by atoms with E-state index in [-0.39, 0.29) is 11.5 Å². The summed E-state index contributed by atoms with van der Waals surface area (Å²) < 4.78 is 6.57. The van der Waals surface area contributed by atoms with Gasteiger partial charge in [-0.15, -0.1) is 0 Å². The normalized spacial score (nSPS) is 11.5. The van der Waals surface area contributed by atoms with Crippen LogP contribution in [0.3, 0.4) is 0 Å². The fourth-order valence-corrected chi connectivity index (χ4v) is 3.69. The number of hydrogen-bond acceptors (Lipinski definition) is 4. The molecule has 0 aliphatic heterocycles. The predicted octanol–water partition coefficient (Wildman–Crippen LogP) is 6.40. The lowest BCUT2D eigenvalue weighted by Gasteiger charge is -2.39. The Labute approximate surface area is 209 Å². The van der Waals surface area contributed by atoms with Gasteiger partial charge in [-0.25, -0.2) is 0 Å². The molecule has 34 heavy (non-hydrogen) atoms. The third-order valence-corrected chi connectivity index (χ3v) is 6.68. The van der Waals surface area contributed by atoms with Crippen LogP contribution in [0.1, 0.15) is 117 Å². The molecule has 0 aliphatic carbocycles. The summed E-state index contributed by atoms with van der Waals surface area (Å²) in [5, 5.41) is 10.5. The number of aromatic carboxylic acids is 1. The van der Waals surface area contributed by atoms with Gasteiger partial charge >= 0.3 is 5.97 Å². The molecule has 0 aliphatic rings. The predicted molar refractivity (Wildman–Crippen MR) is 140 cm³/mol. The number of rotatable bonds is 16. The lowest BCUT2D eigenvalue weighted by Crippen LogP contribution is -2.50. The molecule has 0 saturated heterocycles. The summed E-state index contributed by atoms with van der Waals surface area (Å²) >= 11 is 0. The minimum Gasteiger partial charge on any atom is -0.545 e. The van der Waals surface area contributed by atoms with Crippen LogP contribution in [0.15, 0.2) is 24.3 Å². The van der Waals surface area contributed by atoms with Gasteiger partial charge in [0.25, 0.3) is 0 Å². The fraction of sp³-hybridized carbons (Fsp3) is 0.724. The Kier molecular flexibility index (Phi) is 16.6. The molecule has 0 radical (unpaired) electrons. The number of benzene rings is 1. The van der Waals surface area contributed by atoms with E-state index in [1.165, 1.54) is 106 Å². The molecule has 1 rings (SSSR count). The zero-order chi connectivity index (χ0) is 26.0. The van der Waals surface area contributed by atoms with Crippen LogP contribution in [-0.4, -0.2) is 42.6 Å². The van der Waals surface area contributed by atoms with Crippen LogP contribution in [0.25, 0.3) is 0 Å². The van der Waals surface area contributed by atoms with Crippen molar-refractivity contribution in [2.24, 2.45) is 5.41 Å². The standard InChI is InChI=1S/C16H36N.C13H16O4/c1-5-9-13-17(14-10-6-2,15-11-7-3)16-12-8-4;1-4-13(2,3)12(16)17-10-7-5-9(6-8-10)11(14)15/h5-16H2,1-4H3;5-8H,4H2,1-3H3,(H,14,15)/q+1;/p-1. The molecule has 0 heterocycles. The molecule has 0 N–H and O–H groups in total. The Balaban J connectivity index is 0.000000641. The smallest absolute Gasteiger partial charge is 0.316 e. The third kappa shape index (κ3) is 12.5. The molecule has 5 nitrogen and oxygen atoms in total. The van der Waals surface area contributed by atoms with E-state index in [9.17, 15) is 14.7 Å². The number of carboxylic acids is 1. The number of carbonyl (C=O) groups is 2. The van der Waals surface area contributed by atoms with E-state index in [1.807, 2.05) is 6.92 Å². The first-order valence-electron chi connectivity index (χ1n) is 13.5. The van der Waals surface area contributed by atoms with Crippen molar-refractivity contribution < 1.29 is 23.9 Å². The highest BCUT2D eigenvalue weighted by Crippen LogP contribution is 2.23. The summed E-state index contributed by atoms with van der Waals surface area (Å²) in [6.45, 7) is 20.5. The number of esters is 1. The lowest BCUT2D eigenvalue weighted by molar-refractivity contribution is -0.929. The van der Waals surface area contributed by atoms with Crippen LogP contribution in [0.5, 0.6) is 5.75 Å². The second kappa shape index (κ2) is 17.5. The van der Waals surface area contributed by atoms with Crippen LogP contribution < -0.4 is 9.84 Å². The molecule has 0 spiro atoms. The first-order chi connectivity index (χ1) is 16.1. The summed E-state index contributed by atoms with van der Waals surface area (Å²) in [5.41, 5.74) is -0.493. The summed E-state index contributed by atoms with van der Waals surface area (Å²) in [6, 6.07) is 5.57. The van der Waals surface area contributed by atoms with Gasteiger partial charge in [0.15, 0.2) is 0 Å². The van der Waals surface area contributed by atoms with Gasteiger partial charge in [0.05, 0.1) is 37.6 Å². The second-order valence-corrected chi connectivity index (χ2v) is 10.1. The van der Waals surface area contributed by atoms with Gasteiger partial charge in [0.2, 0.25) is 0 Å². The van der Waals surface area contributed by atoms with Crippen LogP contribution >= 0.6 is 0 Å². The molecule has 0 atom stereocenters. The summed E-state index contributed by atoms with van der Waals surface area (Å²) in [7, 11) is 0. The van der Waals surface area contributed by atoms with Crippen molar-refractivity contribution in [1.82, 2.24) is 0 Å². The lowest BCUT2D eigenvalue weighted by atomic mass is 9.91. The average Bonchev–Trinajstić information content (AvgIpc) is 2.83. The summed E-state index contributed by atoms with van der Waals surface area (Å²) in [4.78, 5) is 22.3. The molecule has 1 aromatic rings. The van der Waals surface area contributed by atoms with E-state index in [4.69, 9.17) is 4.74 Å². The zero-order valence-electron chi connectivity index (χ0n) is 23.1. The van der Waals surface area contributed by atoms with Crippen LogP contribution in [0, 0.1) is 5.41 Å². The van der Waals surface area contributed by atoms with E-state index in [0.29, 0.717) is 12.2 Å². The SMILES string of the molecule is CCC(C)(C)C(=O)Oc1ccc(C(=O)[O-])cc1.CCCC[N+](CCCC)(CCCC)CCCC. The first kappa shape index (κ1) is 32.1. The Morgan fingerprint density at radius 3 is 1.44 bits per heavy atom. The molecular formula is C29H51NO4. The Morgan fingerprint density at radius 2 is 1.15 bits per heavy atom. The molecule has 0 saturated carbocycles. The number of carbonyl (C=O) groups excluding carboxylic acids is 2. The van der Waals surface area contributed by atoms with Crippen molar-refractivity contribution in [3.63, 3.8) is 0 Å². The zero-order valence-corrected chi connectivity index (χ0v) is 23.1. The first-order valence-corrected chi connectivity index (χ1v) is 13.5.